The number of ether oxygens (including phenoxy) is 1. The summed E-state index contributed by atoms with van der Waals surface area (Å²) in [7, 11) is -2.62. The Balaban J connectivity index is 1.97. The number of rotatable bonds is 7. The summed E-state index contributed by atoms with van der Waals surface area (Å²) in [6.45, 7) is 0.123. The van der Waals surface area contributed by atoms with E-state index in [-0.39, 0.29) is 29.5 Å². The van der Waals surface area contributed by atoms with Gasteiger partial charge < -0.3 is 10.1 Å². The van der Waals surface area contributed by atoms with E-state index < -0.39 is 16.0 Å². The van der Waals surface area contributed by atoms with Gasteiger partial charge >= 0.3 is 5.97 Å². The fourth-order valence-electron chi connectivity index (χ4n) is 2.07. The molecular weight excluding hydrogens is 424 g/mol. The van der Waals surface area contributed by atoms with Gasteiger partial charge in [0.2, 0.25) is 10.0 Å². The summed E-state index contributed by atoms with van der Waals surface area (Å²) < 4.78 is 32.1. The van der Waals surface area contributed by atoms with Gasteiger partial charge in [-0.25, -0.2) is 17.9 Å². The third kappa shape index (κ3) is 5.13. The van der Waals surface area contributed by atoms with Crippen molar-refractivity contribution in [3.63, 3.8) is 0 Å². The number of methoxy groups -OCH3 is 1. The molecule has 0 heterocycles. The van der Waals surface area contributed by atoms with E-state index in [4.69, 9.17) is 0 Å². The molecule has 0 bridgehead atoms. The zero-order valence-electron chi connectivity index (χ0n) is 13.9. The van der Waals surface area contributed by atoms with Crippen LogP contribution in [0.2, 0.25) is 0 Å². The molecule has 0 aromatic heterocycles. The van der Waals surface area contributed by atoms with Crippen LogP contribution >= 0.6 is 15.9 Å². The minimum atomic E-state index is -3.83. The van der Waals surface area contributed by atoms with Crippen LogP contribution in [0.5, 0.6) is 0 Å². The van der Waals surface area contributed by atoms with Gasteiger partial charge in [-0.05, 0) is 46.3 Å². The van der Waals surface area contributed by atoms with Crippen LogP contribution in [-0.4, -0.2) is 40.5 Å². The maximum Gasteiger partial charge on any atom is 0.339 e. The first-order valence-corrected chi connectivity index (χ1v) is 9.83. The number of halogens is 1. The molecule has 0 spiro atoms. The second kappa shape index (κ2) is 8.93. The Morgan fingerprint density at radius 1 is 1.08 bits per heavy atom. The van der Waals surface area contributed by atoms with Crippen LogP contribution in [0.3, 0.4) is 0 Å². The van der Waals surface area contributed by atoms with Crippen molar-refractivity contribution in [2.24, 2.45) is 0 Å². The predicted molar refractivity (Wildman–Crippen MR) is 99.4 cm³/mol. The fourth-order valence-corrected chi connectivity index (χ4v) is 3.54. The first-order chi connectivity index (χ1) is 12.3. The Labute approximate surface area is 159 Å². The van der Waals surface area contributed by atoms with Gasteiger partial charge in [-0.1, -0.05) is 18.2 Å². The lowest BCUT2D eigenvalue weighted by Crippen LogP contribution is -2.34. The van der Waals surface area contributed by atoms with E-state index in [0.29, 0.717) is 10.0 Å². The highest BCUT2D eigenvalue weighted by molar-refractivity contribution is 9.10. The summed E-state index contributed by atoms with van der Waals surface area (Å²) in [4.78, 5) is 23.5. The Bertz CT molecular complexity index is 901. The summed E-state index contributed by atoms with van der Waals surface area (Å²) in [5.41, 5.74) is 0.596. The van der Waals surface area contributed by atoms with Crippen molar-refractivity contribution in [3.8, 4) is 0 Å². The first kappa shape index (κ1) is 20.1. The third-order valence-electron chi connectivity index (χ3n) is 3.39. The van der Waals surface area contributed by atoms with E-state index in [1.165, 1.54) is 25.3 Å². The zero-order valence-corrected chi connectivity index (χ0v) is 16.3. The maximum absolute atomic E-state index is 12.3. The molecular formula is C17H17BrN2O5S. The van der Waals surface area contributed by atoms with E-state index in [0.717, 1.165) is 0 Å². The average molecular weight is 441 g/mol. The molecule has 0 radical (unpaired) electrons. The molecule has 2 aromatic rings. The monoisotopic (exact) mass is 440 g/mol. The number of esters is 1. The average Bonchev–Trinajstić information content (AvgIpc) is 2.65. The van der Waals surface area contributed by atoms with Gasteiger partial charge in [0.15, 0.2) is 0 Å². The molecule has 0 aliphatic heterocycles. The molecule has 0 aliphatic carbocycles. The van der Waals surface area contributed by atoms with Crippen molar-refractivity contribution < 1.29 is 22.7 Å². The summed E-state index contributed by atoms with van der Waals surface area (Å²) in [6, 6.07) is 12.6. The second-order valence-corrected chi connectivity index (χ2v) is 7.77. The highest BCUT2D eigenvalue weighted by atomic mass is 79.9. The molecule has 2 N–H and O–H groups in total. The van der Waals surface area contributed by atoms with E-state index >= 15 is 0 Å². The van der Waals surface area contributed by atoms with E-state index in [9.17, 15) is 18.0 Å². The molecule has 1 amide bonds. The largest absolute Gasteiger partial charge is 0.465 e. The lowest BCUT2D eigenvalue weighted by atomic mass is 10.2. The molecule has 2 rings (SSSR count). The van der Waals surface area contributed by atoms with Gasteiger partial charge in [0, 0.05) is 23.1 Å². The van der Waals surface area contributed by atoms with E-state index in [2.05, 4.69) is 30.7 Å². The molecule has 26 heavy (non-hydrogen) atoms. The van der Waals surface area contributed by atoms with Gasteiger partial charge in [0.25, 0.3) is 5.91 Å². The standard InChI is InChI=1S/C17H17BrN2O5S/c1-25-17(22)14-11-13(7-8-15(14)18)26(23,24)20-10-9-19-16(21)12-5-3-2-4-6-12/h2-8,11,20H,9-10H2,1H3,(H,19,21). The first-order valence-electron chi connectivity index (χ1n) is 7.56. The van der Waals surface area contributed by atoms with E-state index in [1.54, 1.807) is 30.3 Å². The Hall–Kier alpha value is -2.23. The second-order valence-electron chi connectivity index (χ2n) is 5.15. The number of benzene rings is 2. The lowest BCUT2D eigenvalue weighted by molar-refractivity contribution is 0.0599. The van der Waals surface area contributed by atoms with Crippen molar-refractivity contribution in [1.29, 1.82) is 0 Å². The van der Waals surface area contributed by atoms with Gasteiger partial charge in [-0.15, -0.1) is 0 Å². The number of hydrogen-bond acceptors (Lipinski definition) is 5. The summed E-state index contributed by atoms with van der Waals surface area (Å²) >= 11 is 3.18. The predicted octanol–water partition coefficient (Wildman–Crippen LogP) is 1.94. The van der Waals surface area contributed by atoms with Crippen LogP contribution in [0, 0.1) is 0 Å². The number of sulfonamides is 1. The Morgan fingerprint density at radius 3 is 2.42 bits per heavy atom. The van der Waals surface area contributed by atoms with Crippen molar-refractivity contribution in [1.82, 2.24) is 10.0 Å². The minimum absolute atomic E-state index is 0.00449. The van der Waals surface area contributed by atoms with Gasteiger partial charge in [-0.3, -0.25) is 4.79 Å². The molecule has 2 aromatic carbocycles. The number of hydrogen-bond donors (Lipinski definition) is 2. The highest BCUT2D eigenvalue weighted by Gasteiger charge is 2.18. The third-order valence-corrected chi connectivity index (χ3v) is 5.54. The quantitative estimate of drug-likeness (QED) is 0.505. The molecule has 0 atom stereocenters. The van der Waals surface area contributed by atoms with E-state index in [1.807, 2.05) is 0 Å². The van der Waals surface area contributed by atoms with Crippen molar-refractivity contribution in [2.75, 3.05) is 20.2 Å². The number of carbonyl (C=O) groups excluding carboxylic acids is 2. The normalized spacial score (nSPS) is 11.0. The summed E-state index contributed by atoms with van der Waals surface area (Å²) in [5.74, 6) is -0.939. The van der Waals surface area contributed by atoms with Crippen LogP contribution in [0.15, 0.2) is 57.9 Å². The molecule has 7 nitrogen and oxygen atoms in total. The Morgan fingerprint density at radius 2 is 1.77 bits per heavy atom. The van der Waals surface area contributed by atoms with Crippen LogP contribution in [0.25, 0.3) is 0 Å². The molecule has 0 aliphatic rings. The Kier molecular flexibility index (Phi) is 6.90. The minimum Gasteiger partial charge on any atom is -0.465 e. The highest BCUT2D eigenvalue weighted by Crippen LogP contribution is 2.21. The SMILES string of the molecule is COC(=O)c1cc(S(=O)(=O)NCCNC(=O)c2ccccc2)ccc1Br. The molecule has 0 fully saturated rings. The molecule has 9 heteroatoms. The van der Waals surface area contributed by atoms with Crippen LogP contribution in [-0.2, 0) is 14.8 Å². The van der Waals surface area contributed by atoms with Crippen molar-refractivity contribution in [3.05, 3.63) is 64.1 Å². The van der Waals surface area contributed by atoms with Crippen LogP contribution < -0.4 is 10.0 Å². The van der Waals surface area contributed by atoms with Gasteiger partial charge in [-0.2, -0.15) is 0 Å². The lowest BCUT2D eigenvalue weighted by Gasteiger charge is -2.10. The van der Waals surface area contributed by atoms with Crippen molar-refractivity contribution in [2.45, 2.75) is 4.90 Å². The van der Waals surface area contributed by atoms with Gasteiger partial charge in [0.1, 0.15) is 0 Å². The topological polar surface area (TPSA) is 102 Å². The number of carbonyl (C=O) groups is 2. The van der Waals surface area contributed by atoms with Crippen molar-refractivity contribution >= 4 is 37.8 Å². The van der Waals surface area contributed by atoms with Gasteiger partial charge in [0.05, 0.1) is 17.6 Å². The molecule has 138 valence electrons. The summed E-state index contributed by atoms with van der Waals surface area (Å²) in [5, 5.41) is 2.62. The molecule has 0 unspecified atom stereocenters. The van der Waals surface area contributed by atoms with Crippen LogP contribution in [0.4, 0.5) is 0 Å². The maximum atomic E-state index is 12.3. The number of amides is 1. The molecule has 0 saturated heterocycles. The number of nitrogens with one attached hydrogen (secondary N) is 2. The van der Waals surface area contributed by atoms with Crippen LogP contribution in [0.1, 0.15) is 20.7 Å². The summed E-state index contributed by atoms with van der Waals surface area (Å²) in [6.07, 6.45) is 0. The fraction of sp³-hybridized carbons (Fsp3) is 0.176. The smallest absolute Gasteiger partial charge is 0.339 e. The molecule has 0 saturated carbocycles. The zero-order chi connectivity index (χ0) is 19.2.